The lowest BCUT2D eigenvalue weighted by atomic mass is 10.1. The summed E-state index contributed by atoms with van der Waals surface area (Å²) in [5.41, 5.74) is 4.51. The number of hydrogen-bond acceptors (Lipinski definition) is 7. The fourth-order valence-corrected chi connectivity index (χ4v) is 3.03. The molecule has 0 saturated heterocycles. The second-order valence-electron chi connectivity index (χ2n) is 5.01. The number of hydrazone groups is 1. The Bertz CT molecular complexity index is 1040. The summed E-state index contributed by atoms with van der Waals surface area (Å²) in [5.74, 6) is 0. The fourth-order valence-electron chi connectivity index (χ4n) is 2.08. The molecule has 0 saturated carbocycles. The first kappa shape index (κ1) is 17.5. The summed E-state index contributed by atoms with van der Waals surface area (Å²) in [6.45, 7) is 0. The van der Waals surface area contributed by atoms with Crippen LogP contribution in [0, 0.1) is 21.4 Å². The first-order valence-electron chi connectivity index (χ1n) is 7.27. The van der Waals surface area contributed by atoms with Gasteiger partial charge in [0.1, 0.15) is 6.07 Å². The van der Waals surface area contributed by atoms with Gasteiger partial charge >= 0.3 is 0 Å². The highest BCUT2D eigenvalue weighted by Gasteiger charge is 2.13. The monoisotopic (exact) mass is 383 g/mol. The highest BCUT2D eigenvalue weighted by atomic mass is 35.5. The van der Waals surface area contributed by atoms with Crippen LogP contribution in [0.4, 0.5) is 11.4 Å². The minimum Gasteiger partial charge on any atom is -0.276 e. The Morgan fingerprint density at radius 3 is 2.85 bits per heavy atom. The molecule has 3 rings (SSSR count). The van der Waals surface area contributed by atoms with Gasteiger partial charge in [0.2, 0.25) is 0 Å². The number of anilines is 1. The number of halogens is 1. The van der Waals surface area contributed by atoms with Crippen LogP contribution in [0.5, 0.6) is 0 Å². The lowest BCUT2D eigenvalue weighted by Crippen LogP contribution is -2.01. The van der Waals surface area contributed by atoms with Crippen LogP contribution in [0.15, 0.2) is 59.0 Å². The molecule has 0 bridgehead atoms. The normalized spacial score (nSPS) is 11.0. The number of benzene rings is 2. The minimum absolute atomic E-state index is 0.0217. The topological polar surface area (TPSA) is 104 Å². The molecule has 128 valence electrons. The lowest BCUT2D eigenvalue weighted by molar-refractivity contribution is -0.384. The largest absolute Gasteiger partial charge is 0.276 e. The third-order valence-corrected chi connectivity index (χ3v) is 4.51. The van der Waals surface area contributed by atoms with Crippen molar-refractivity contribution < 1.29 is 4.92 Å². The summed E-state index contributed by atoms with van der Waals surface area (Å²) < 4.78 is 0. The molecule has 0 spiro atoms. The SMILES string of the molecule is N#C/C(=N/Nc1ccccc1Cl)c1nc(-c2cccc([N+](=O)[O-])c2)cs1. The molecule has 9 heteroatoms. The van der Waals surface area contributed by atoms with Crippen molar-refractivity contribution >= 4 is 40.0 Å². The van der Waals surface area contributed by atoms with E-state index in [0.717, 1.165) is 0 Å². The second-order valence-corrected chi connectivity index (χ2v) is 6.27. The van der Waals surface area contributed by atoms with E-state index < -0.39 is 4.92 Å². The third kappa shape index (κ3) is 3.85. The molecular weight excluding hydrogens is 374 g/mol. The van der Waals surface area contributed by atoms with Crippen LogP contribution in [-0.2, 0) is 0 Å². The number of nitrogens with zero attached hydrogens (tertiary/aromatic N) is 4. The Labute approximate surface area is 157 Å². The number of rotatable bonds is 5. The maximum atomic E-state index is 10.9. The number of nitriles is 1. The van der Waals surface area contributed by atoms with Gasteiger partial charge in [-0.3, -0.25) is 15.5 Å². The number of hydrogen-bond donors (Lipinski definition) is 1. The van der Waals surface area contributed by atoms with Crippen molar-refractivity contribution in [2.75, 3.05) is 5.43 Å². The Morgan fingerprint density at radius 1 is 1.31 bits per heavy atom. The Hall–Kier alpha value is -3.28. The highest BCUT2D eigenvalue weighted by molar-refractivity contribution is 7.12. The van der Waals surface area contributed by atoms with Gasteiger partial charge in [-0.1, -0.05) is 35.9 Å². The average molecular weight is 384 g/mol. The van der Waals surface area contributed by atoms with Crippen LogP contribution < -0.4 is 5.43 Å². The summed E-state index contributed by atoms with van der Waals surface area (Å²) in [7, 11) is 0. The molecule has 0 aliphatic heterocycles. The molecule has 0 radical (unpaired) electrons. The van der Waals surface area contributed by atoms with E-state index in [4.69, 9.17) is 11.6 Å². The van der Waals surface area contributed by atoms with Gasteiger partial charge in [-0.2, -0.15) is 10.4 Å². The Kier molecular flexibility index (Phi) is 5.22. The molecule has 1 N–H and O–H groups in total. The fraction of sp³-hybridized carbons (Fsp3) is 0. The molecular formula is C17H10ClN5O2S. The van der Waals surface area contributed by atoms with E-state index in [1.807, 2.05) is 6.07 Å². The summed E-state index contributed by atoms with van der Waals surface area (Å²) in [6.07, 6.45) is 0. The van der Waals surface area contributed by atoms with Crippen LogP contribution in [-0.4, -0.2) is 15.6 Å². The number of thiazole rings is 1. The van der Waals surface area contributed by atoms with Crippen molar-refractivity contribution in [2.45, 2.75) is 0 Å². The number of para-hydroxylation sites is 1. The number of nitrogens with one attached hydrogen (secondary N) is 1. The van der Waals surface area contributed by atoms with Crippen LogP contribution in [0.25, 0.3) is 11.3 Å². The van der Waals surface area contributed by atoms with Gasteiger partial charge in [-0.05, 0) is 12.1 Å². The van der Waals surface area contributed by atoms with Gasteiger partial charge in [0.15, 0.2) is 10.7 Å². The van der Waals surface area contributed by atoms with Crippen molar-refractivity contribution in [1.29, 1.82) is 5.26 Å². The zero-order valence-corrected chi connectivity index (χ0v) is 14.7. The Balaban J connectivity index is 1.87. The van der Waals surface area contributed by atoms with Crippen molar-refractivity contribution in [1.82, 2.24) is 4.98 Å². The van der Waals surface area contributed by atoms with E-state index in [1.54, 1.807) is 41.8 Å². The number of non-ortho nitro benzene ring substituents is 1. The molecule has 0 atom stereocenters. The van der Waals surface area contributed by atoms with Crippen molar-refractivity contribution in [2.24, 2.45) is 5.10 Å². The summed E-state index contributed by atoms with van der Waals surface area (Å²) in [6, 6.07) is 15.2. The van der Waals surface area contributed by atoms with Gasteiger partial charge in [0, 0.05) is 23.1 Å². The number of aromatic nitrogens is 1. The van der Waals surface area contributed by atoms with Gasteiger partial charge in [-0.25, -0.2) is 4.98 Å². The highest BCUT2D eigenvalue weighted by Crippen LogP contribution is 2.26. The van der Waals surface area contributed by atoms with Crippen LogP contribution in [0.1, 0.15) is 5.01 Å². The molecule has 1 heterocycles. The molecule has 7 nitrogen and oxygen atoms in total. The van der Waals surface area contributed by atoms with Crippen LogP contribution in [0.3, 0.4) is 0 Å². The molecule has 1 aromatic heterocycles. The zero-order valence-electron chi connectivity index (χ0n) is 13.1. The second kappa shape index (κ2) is 7.74. The first-order chi connectivity index (χ1) is 12.6. The third-order valence-electron chi connectivity index (χ3n) is 3.33. The van der Waals surface area contributed by atoms with E-state index in [-0.39, 0.29) is 11.4 Å². The maximum absolute atomic E-state index is 10.9. The standard InChI is InChI=1S/C17H10ClN5O2S/c18-13-6-1-2-7-14(13)21-22-15(9-19)17-20-16(10-26-17)11-4-3-5-12(8-11)23(24)25/h1-8,10,21H/b22-15-. The Morgan fingerprint density at radius 2 is 2.12 bits per heavy atom. The predicted octanol–water partition coefficient (Wildman–Crippen LogP) is 4.71. The molecule has 2 aromatic carbocycles. The van der Waals surface area contributed by atoms with Gasteiger partial charge in [0.05, 0.1) is 21.3 Å². The van der Waals surface area contributed by atoms with E-state index in [1.165, 1.54) is 23.5 Å². The van der Waals surface area contributed by atoms with E-state index in [9.17, 15) is 15.4 Å². The van der Waals surface area contributed by atoms with Crippen LogP contribution in [0.2, 0.25) is 5.02 Å². The smallest absolute Gasteiger partial charge is 0.270 e. The van der Waals surface area contributed by atoms with Gasteiger partial charge in [-0.15, -0.1) is 11.3 Å². The van der Waals surface area contributed by atoms with E-state index >= 15 is 0 Å². The minimum atomic E-state index is -0.466. The number of nitro benzene ring substituents is 1. The molecule has 0 aliphatic rings. The number of nitro groups is 1. The van der Waals surface area contributed by atoms with E-state index in [2.05, 4.69) is 15.5 Å². The average Bonchev–Trinajstić information content (AvgIpc) is 3.14. The van der Waals surface area contributed by atoms with E-state index in [0.29, 0.717) is 27.0 Å². The van der Waals surface area contributed by atoms with Crippen molar-refractivity contribution in [3.63, 3.8) is 0 Å². The molecule has 0 aliphatic carbocycles. The molecule has 0 fully saturated rings. The zero-order chi connectivity index (χ0) is 18.5. The molecule has 3 aromatic rings. The lowest BCUT2D eigenvalue weighted by Gasteiger charge is -2.02. The van der Waals surface area contributed by atoms with Crippen LogP contribution >= 0.6 is 22.9 Å². The summed E-state index contributed by atoms with van der Waals surface area (Å²) >= 11 is 7.26. The van der Waals surface area contributed by atoms with Crippen molar-refractivity contribution in [3.8, 4) is 17.3 Å². The van der Waals surface area contributed by atoms with Gasteiger partial charge < -0.3 is 0 Å². The predicted molar refractivity (Wildman–Crippen MR) is 101 cm³/mol. The summed E-state index contributed by atoms with van der Waals surface area (Å²) in [4.78, 5) is 14.8. The maximum Gasteiger partial charge on any atom is 0.270 e. The quantitative estimate of drug-likeness (QED) is 0.390. The first-order valence-corrected chi connectivity index (χ1v) is 8.53. The van der Waals surface area contributed by atoms with Crippen molar-refractivity contribution in [3.05, 3.63) is 74.1 Å². The van der Waals surface area contributed by atoms with Gasteiger partial charge in [0.25, 0.3) is 5.69 Å². The molecule has 26 heavy (non-hydrogen) atoms. The summed E-state index contributed by atoms with van der Waals surface area (Å²) in [5, 5.41) is 26.9. The molecule has 0 amide bonds. The molecule has 0 unspecified atom stereocenters.